The van der Waals surface area contributed by atoms with E-state index in [1.807, 2.05) is 30.3 Å². The quantitative estimate of drug-likeness (QED) is 0.462. The first-order valence-corrected chi connectivity index (χ1v) is 11.3. The number of carboxylic acids is 1. The molecular weight excluding hydrogens is 416 g/mol. The van der Waals surface area contributed by atoms with E-state index in [9.17, 15) is 23.1 Å². The molecule has 0 aliphatic rings. The Kier molecular flexibility index (Phi) is 8.18. The number of carboxylic acid groups (broad SMARTS) is 1. The van der Waals surface area contributed by atoms with Crippen LogP contribution < -0.4 is 10.0 Å². The predicted octanol–water partition coefficient (Wildman–Crippen LogP) is 2.97. The number of unbranched alkanes of at least 4 members (excludes halogenated alkanes) is 1. The molecule has 8 nitrogen and oxygen atoms in total. The summed E-state index contributed by atoms with van der Waals surface area (Å²) in [6, 6.07) is 12.3. The van der Waals surface area contributed by atoms with E-state index >= 15 is 0 Å². The number of hydrogen-bond donors (Lipinski definition) is 3. The molecule has 1 aromatic heterocycles. The normalized spacial score (nSPS) is 13.4. The van der Waals surface area contributed by atoms with E-state index in [4.69, 9.17) is 4.74 Å². The summed E-state index contributed by atoms with van der Waals surface area (Å²) in [6.07, 6.45) is 0.389. The van der Waals surface area contributed by atoms with Crippen LogP contribution in [0.4, 0.5) is 4.79 Å². The van der Waals surface area contributed by atoms with Crippen molar-refractivity contribution in [2.24, 2.45) is 0 Å². The Labute approximate surface area is 174 Å². The second-order valence-corrected chi connectivity index (χ2v) is 9.48. The topological polar surface area (TPSA) is 122 Å². The average Bonchev–Trinajstić information content (AvgIpc) is 3.22. The number of nitrogens with one attached hydrogen (secondary N) is 2. The largest absolute Gasteiger partial charge is 0.480 e. The standard InChI is InChI=1S/C19H24N2O6S2/c1-19(17(22)23,21-29(25,26)16-10-7-13-28-16)11-5-6-12-20-18(24)27-14-15-8-3-2-4-9-15/h2-4,7-10,13,21H,5-6,11-12,14H2,1H3,(H,20,24)(H,22,23)/t19-/m0/s1. The van der Waals surface area contributed by atoms with Crippen LogP contribution in [0.15, 0.2) is 52.1 Å². The van der Waals surface area contributed by atoms with Gasteiger partial charge in [0.1, 0.15) is 16.4 Å². The second-order valence-electron chi connectivity index (χ2n) is 6.62. The number of ether oxygens (including phenoxy) is 1. The molecule has 0 saturated carbocycles. The van der Waals surface area contributed by atoms with Crippen LogP contribution >= 0.6 is 11.3 Å². The molecule has 2 rings (SSSR count). The molecule has 0 spiro atoms. The molecule has 1 heterocycles. The number of amides is 1. The summed E-state index contributed by atoms with van der Waals surface area (Å²) < 4.78 is 32.1. The van der Waals surface area contributed by atoms with E-state index in [2.05, 4.69) is 10.0 Å². The lowest BCUT2D eigenvalue weighted by molar-refractivity contribution is -0.143. The lowest BCUT2D eigenvalue weighted by Crippen LogP contribution is -2.51. The highest BCUT2D eigenvalue weighted by molar-refractivity contribution is 7.91. The second kappa shape index (κ2) is 10.4. The van der Waals surface area contributed by atoms with Crippen LogP contribution in [-0.4, -0.2) is 37.7 Å². The summed E-state index contributed by atoms with van der Waals surface area (Å²) >= 11 is 1.02. The van der Waals surface area contributed by atoms with Crippen LogP contribution in [0.2, 0.25) is 0 Å². The van der Waals surface area contributed by atoms with E-state index < -0.39 is 27.6 Å². The third-order valence-corrected chi connectivity index (χ3v) is 7.17. The van der Waals surface area contributed by atoms with Crippen LogP contribution in [-0.2, 0) is 26.2 Å². The SMILES string of the molecule is C[C@@](CCCCNC(=O)OCc1ccccc1)(NS(=O)(=O)c1cccs1)C(=O)O. The van der Waals surface area contributed by atoms with Crippen molar-refractivity contribution in [3.63, 3.8) is 0 Å². The van der Waals surface area contributed by atoms with Crippen molar-refractivity contribution in [1.82, 2.24) is 10.0 Å². The number of carbonyl (C=O) groups is 2. The number of alkyl carbamates (subject to hydrolysis) is 1. The van der Waals surface area contributed by atoms with Gasteiger partial charge in [-0.15, -0.1) is 11.3 Å². The lowest BCUT2D eigenvalue weighted by Gasteiger charge is -2.25. The predicted molar refractivity (Wildman–Crippen MR) is 109 cm³/mol. The summed E-state index contributed by atoms with van der Waals surface area (Å²) in [7, 11) is -3.91. The fraction of sp³-hybridized carbons (Fsp3) is 0.368. The number of carbonyl (C=O) groups excluding carboxylic acids is 1. The van der Waals surface area contributed by atoms with Gasteiger partial charge in [-0.3, -0.25) is 4.79 Å². The van der Waals surface area contributed by atoms with E-state index in [1.165, 1.54) is 13.0 Å². The first-order chi connectivity index (χ1) is 13.7. The summed E-state index contributed by atoms with van der Waals surface area (Å²) in [5.74, 6) is -1.26. The zero-order valence-electron chi connectivity index (χ0n) is 16.0. The Balaban J connectivity index is 1.75. The van der Waals surface area contributed by atoms with Crippen LogP contribution in [0.1, 0.15) is 31.7 Å². The maximum Gasteiger partial charge on any atom is 0.407 e. The summed E-state index contributed by atoms with van der Waals surface area (Å²) in [6.45, 7) is 1.79. The monoisotopic (exact) mass is 440 g/mol. The summed E-state index contributed by atoms with van der Waals surface area (Å²) in [5, 5.41) is 13.7. The molecule has 2 aromatic rings. The first-order valence-electron chi connectivity index (χ1n) is 8.98. The third-order valence-electron chi connectivity index (χ3n) is 4.18. The highest BCUT2D eigenvalue weighted by atomic mass is 32.2. The van der Waals surface area contributed by atoms with Gasteiger partial charge in [-0.2, -0.15) is 4.72 Å². The van der Waals surface area contributed by atoms with Gasteiger partial charge in [0.25, 0.3) is 10.0 Å². The summed E-state index contributed by atoms with van der Waals surface area (Å²) in [4.78, 5) is 23.3. The van der Waals surface area contributed by atoms with Crippen LogP contribution in [0.3, 0.4) is 0 Å². The van der Waals surface area contributed by atoms with Gasteiger partial charge in [0, 0.05) is 6.54 Å². The van der Waals surface area contributed by atoms with Crippen molar-refractivity contribution >= 4 is 33.4 Å². The van der Waals surface area contributed by atoms with Crippen molar-refractivity contribution in [3.8, 4) is 0 Å². The smallest absolute Gasteiger partial charge is 0.407 e. The van der Waals surface area contributed by atoms with Crippen molar-refractivity contribution in [1.29, 1.82) is 0 Å². The Bertz CT molecular complexity index is 900. The molecule has 0 bridgehead atoms. The lowest BCUT2D eigenvalue weighted by atomic mass is 9.96. The van der Waals surface area contributed by atoms with Gasteiger partial charge in [0.2, 0.25) is 0 Å². The minimum Gasteiger partial charge on any atom is -0.480 e. The van der Waals surface area contributed by atoms with Gasteiger partial charge in [0.15, 0.2) is 0 Å². The van der Waals surface area contributed by atoms with E-state index in [1.54, 1.807) is 11.4 Å². The highest BCUT2D eigenvalue weighted by Crippen LogP contribution is 2.21. The number of sulfonamides is 1. The van der Waals surface area contributed by atoms with Gasteiger partial charge >= 0.3 is 12.1 Å². The van der Waals surface area contributed by atoms with Crippen molar-refractivity contribution in [3.05, 3.63) is 53.4 Å². The Morgan fingerprint density at radius 2 is 1.86 bits per heavy atom. The molecule has 1 atom stereocenters. The number of hydrogen-bond acceptors (Lipinski definition) is 6. The Hall–Kier alpha value is -2.43. The van der Waals surface area contributed by atoms with E-state index in [0.29, 0.717) is 19.4 Å². The Morgan fingerprint density at radius 1 is 1.14 bits per heavy atom. The van der Waals surface area contributed by atoms with Crippen LogP contribution in [0.25, 0.3) is 0 Å². The molecule has 0 fully saturated rings. The molecular formula is C19H24N2O6S2. The fourth-order valence-corrected chi connectivity index (χ4v) is 4.92. The van der Waals surface area contributed by atoms with Gasteiger partial charge in [-0.1, -0.05) is 36.4 Å². The minimum absolute atomic E-state index is 0.0628. The van der Waals surface area contributed by atoms with Gasteiger partial charge in [-0.25, -0.2) is 13.2 Å². The molecule has 0 radical (unpaired) electrons. The number of rotatable bonds is 11. The molecule has 0 saturated heterocycles. The van der Waals surface area contributed by atoms with E-state index in [0.717, 1.165) is 16.9 Å². The first kappa shape index (κ1) is 22.9. The number of aliphatic carboxylic acids is 1. The molecule has 3 N–H and O–H groups in total. The third kappa shape index (κ3) is 7.15. The molecule has 1 aromatic carbocycles. The molecule has 0 unspecified atom stereocenters. The van der Waals surface area contributed by atoms with E-state index in [-0.39, 0.29) is 17.2 Å². The Morgan fingerprint density at radius 3 is 2.48 bits per heavy atom. The zero-order valence-corrected chi connectivity index (χ0v) is 17.6. The number of benzene rings is 1. The summed E-state index contributed by atoms with van der Waals surface area (Å²) in [5.41, 5.74) is -0.769. The fourth-order valence-electron chi connectivity index (χ4n) is 2.53. The average molecular weight is 441 g/mol. The van der Waals surface area contributed by atoms with Crippen LogP contribution in [0.5, 0.6) is 0 Å². The highest BCUT2D eigenvalue weighted by Gasteiger charge is 2.37. The molecule has 158 valence electrons. The molecule has 0 aliphatic carbocycles. The molecule has 0 aliphatic heterocycles. The van der Waals surface area contributed by atoms with Gasteiger partial charge < -0.3 is 15.2 Å². The number of thiophene rings is 1. The van der Waals surface area contributed by atoms with Crippen LogP contribution in [0, 0.1) is 0 Å². The van der Waals surface area contributed by atoms with Crippen molar-refractivity contribution < 1.29 is 27.9 Å². The molecule has 1 amide bonds. The molecule has 29 heavy (non-hydrogen) atoms. The van der Waals surface area contributed by atoms with Gasteiger partial charge in [0.05, 0.1) is 0 Å². The van der Waals surface area contributed by atoms with Gasteiger partial charge in [-0.05, 0) is 43.2 Å². The molecule has 10 heteroatoms. The maximum atomic E-state index is 12.3. The van der Waals surface area contributed by atoms with Crippen molar-refractivity contribution in [2.75, 3.05) is 6.54 Å². The minimum atomic E-state index is -3.91. The zero-order chi connectivity index (χ0) is 21.3. The van der Waals surface area contributed by atoms with Crippen molar-refractivity contribution in [2.45, 2.75) is 42.5 Å². The maximum absolute atomic E-state index is 12.3.